The molecule has 1 saturated heterocycles. The molecule has 0 unspecified atom stereocenters. The summed E-state index contributed by atoms with van der Waals surface area (Å²) in [6, 6.07) is 8.10. The van der Waals surface area contributed by atoms with Crippen molar-refractivity contribution < 1.29 is 13.9 Å². The van der Waals surface area contributed by atoms with Gasteiger partial charge in [-0.3, -0.25) is 4.98 Å². The number of pyridine rings is 1. The molecule has 0 N–H and O–H groups in total. The molecule has 0 spiro atoms. The van der Waals surface area contributed by atoms with E-state index in [1.54, 1.807) is 17.2 Å². The zero-order valence-corrected chi connectivity index (χ0v) is 19.2. The van der Waals surface area contributed by atoms with E-state index in [9.17, 15) is 4.79 Å². The molecule has 1 aliphatic rings. The Morgan fingerprint density at radius 1 is 1.29 bits per heavy atom. The second-order valence-corrected chi connectivity index (χ2v) is 9.37. The predicted molar refractivity (Wildman–Crippen MR) is 122 cm³/mol. The number of carbonyl (C=O) groups is 1. The van der Waals surface area contributed by atoms with Gasteiger partial charge in [-0.1, -0.05) is 17.7 Å². The van der Waals surface area contributed by atoms with E-state index in [1.807, 2.05) is 52.8 Å². The fourth-order valence-electron chi connectivity index (χ4n) is 3.79. The molecular formula is C23H27ClN4O3. The smallest absolute Gasteiger partial charge is 0.410 e. The van der Waals surface area contributed by atoms with Crippen LogP contribution in [0.3, 0.4) is 0 Å². The number of nitrogens with zero attached hydrogens (tertiary/aromatic N) is 4. The molecule has 3 aromatic rings. The minimum absolute atomic E-state index is 0.0184. The van der Waals surface area contributed by atoms with Gasteiger partial charge < -0.3 is 19.0 Å². The molecule has 1 atom stereocenters. The number of amides is 1. The van der Waals surface area contributed by atoms with E-state index in [0.29, 0.717) is 41.8 Å². The van der Waals surface area contributed by atoms with E-state index in [4.69, 9.17) is 25.7 Å². The van der Waals surface area contributed by atoms with Crippen LogP contribution in [0.25, 0.3) is 22.4 Å². The Balaban J connectivity index is 1.62. The van der Waals surface area contributed by atoms with Crippen LogP contribution in [0.4, 0.5) is 10.8 Å². The highest BCUT2D eigenvalue weighted by atomic mass is 35.5. The summed E-state index contributed by atoms with van der Waals surface area (Å²) < 4.78 is 11.7. The maximum atomic E-state index is 12.4. The van der Waals surface area contributed by atoms with Gasteiger partial charge in [0.15, 0.2) is 5.58 Å². The van der Waals surface area contributed by atoms with Crippen molar-refractivity contribution in [1.29, 1.82) is 0 Å². The second-order valence-electron chi connectivity index (χ2n) is 8.94. The quantitative estimate of drug-likeness (QED) is 0.536. The van der Waals surface area contributed by atoms with Crippen LogP contribution in [0.5, 0.6) is 0 Å². The van der Waals surface area contributed by atoms with Crippen molar-refractivity contribution in [2.24, 2.45) is 0 Å². The number of oxazole rings is 1. The highest BCUT2D eigenvalue weighted by Crippen LogP contribution is 2.35. The van der Waals surface area contributed by atoms with Crippen molar-refractivity contribution in [3.8, 4) is 11.3 Å². The zero-order chi connectivity index (χ0) is 22.3. The molecular weight excluding hydrogens is 416 g/mol. The molecule has 1 amide bonds. The molecule has 3 heterocycles. The first-order chi connectivity index (χ1) is 14.6. The Kier molecular flexibility index (Phi) is 5.56. The number of rotatable bonds is 2. The van der Waals surface area contributed by atoms with Crippen LogP contribution in [0.2, 0.25) is 5.02 Å². The Labute approximate surface area is 187 Å². The highest BCUT2D eigenvalue weighted by molar-refractivity contribution is 6.31. The number of hydrogen-bond acceptors (Lipinski definition) is 6. The summed E-state index contributed by atoms with van der Waals surface area (Å²) in [5, 5.41) is 0.579. The summed E-state index contributed by atoms with van der Waals surface area (Å²) >= 11 is 6.38. The van der Waals surface area contributed by atoms with Gasteiger partial charge in [0.05, 0.1) is 5.69 Å². The second kappa shape index (κ2) is 8.04. The monoisotopic (exact) mass is 442 g/mol. The zero-order valence-electron chi connectivity index (χ0n) is 18.5. The van der Waals surface area contributed by atoms with E-state index in [0.717, 1.165) is 16.8 Å². The van der Waals surface area contributed by atoms with Crippen LogP contribution < -0.4 is 4.90 Å². The summed E-state index contributed by atoms with van der Waals surface area (Å²) in [6.45, 7) is 11.3. The van der Waals surface area contributed by atoms with Crippen LogP contribution in [-0.2, 0) is 4.74 Å². The van der Waals surface area contributed by atoms with E-state index in [2.05, 4.69) is 9.88 Å². The van der Waals surface area contributed by atoms with E-state index < -0.39 is 5.60 Å². The number of fused-ring (bicyclic) bond motifs is 1. The number of aryl methyl sites for hydroxylation is 1. The minimum atomic E-state index is -0.517. The van der Waals surface area contributed by atoms with Gasteiger partial charge in [-0.05, 0) is 58.4 Å². The maximum Gasteiger partial charge on any atom is 0.410 e. The van der Waals surface area contributed by atoms with Gasteiger partial charge in [-0.2, -0.15) is 4.98 Å². The lowest BCUT2D eigenvalue weighted by atomic mass is 10.1. The van der Waals surface area contributed by atoms with Crippen molar-refractivity contribution in [3.63, 3.8) is 0 Å². The molecule has 164 valence electrons. The third kappa shape index (κ3) is 4.46. The van der Waals surface area contributed by atoms with Crippen LogP contribution in [0.1, 0.15) is 33.3 Å². The van der Waals surface area contributed by atoms with Gasteiger partial charge in [-0.15, -0.1) is 0 Å². The van der Waals surface area contributed by atoms with Crippen LogP contribution in [0.15, 0.2) is 34.9 Å². The van der Waals surface area contributed by atoms with Crippen molar-refractivity contribution in [2.45, 2.75) is 46.3 Å². The van der Waals surface area contributed by atoms with Gasteiger partial charge in [-0.25, -0.2) is 4.79 Å². The SMILES string of the molecule is Cc1cccnc1-c1cc(Cl)cc2nc(N3CCN(C(=O)OC(C)(C)C)C[C@@H]3C)oc12. The first-order valence-electron chi connectivity index (χ1n) is 10.4. The molecule has 1 aliphatic heterocycles. The number of hydrogen-bond donors (Lipinski definition) is 0. The topological polar surface area (TPSA) is 71.7 Å². The van der Waals surface area contributed by atoms with Crippen molar-refractivity contribution in [1.82, 2.24) is 14.9 Å². The molecule has 0 saturated carbocycles. The standard InChI is InChI=1S/C23H27ClN4O3/c1-14-7-6-8-25-19(14)17-11-16(24)12-18-20(17)30-21(26-18)28-10-9-27(13-15(28)2)22(29)31-23(3,4)5/h6-8,11-12,15H,9-10,13H2,1-5H3/t15-/m0/s1. The Morgan fingerprint density at radius 3 is 2.74 bits per heavy atom. The summed E-state index contributed by atoms with van der Waals surface area (Å²) in [6.07, 6.45) is 1.46. The van der Waals surface area contributed by atoms with E-state index in [1.165, 1.54) is 0 Å². The van der Waals surface area contributed by atoms with Crippen molar-refractivity contribution in [3.05, 3.63) is 41.0 Å². The van der Waals surface area contributed by atoms with Gasteiger partial charge in [0.2, 0.25) is 0 Å². The minimum Gasteiger partial charge on any atom is -0.444 e. The normalized spacial score (nSPS) is 17.3. The van der Waals surface area contributed by atoms with E-state index >= 15 is 0 Å². The molecule has 4 rings (SSSR count). The molecule has 0 aliphatic carbocycles. The van der Waals surface area contributed by atoms with Crippen LogP contribution >= 0.6 is 11.6 Å². The number of benzene rings is 1. The number of piperazine rings is 1. The number of carbonyl (C=O) groups excluding carboxylic acids is 1. The molecule has 8 heteroatoms. The lowest BCUT2D eigenvalue weighted by Crippen LogP contribution is -2.54. The van der Waals surface area contributed by atoms with Crippen LogP contribution in [0, 0.1) is 6.92 Å². The molecule has 0 bridgehead atoms. The predicted octanol–water partition coefficient (Wildman–Crippen LogP) is 5.30. The Morgan fingerprint density at radius 2 is 2.06 bits per heavy atom. The average molecular weight is 443 g/mol. The Bertz CT molecular complexity index is 1120. The summed E-state index contributed by atoms with van der Waals surface area (Å²) in [5.41, 5.74) is 3.49. The largest absolute Gasteiger partial charge is 0.444 e. The average Bonchev–Trinajstić information content (AvgIpc) is 3.10. The molecule has 31 heavy (non-hydrogen) atoms. The van der Waals surface area contributed by atoms with Crippen molar-refractivity contribution >= 4 is 34.8 Å². The van der Waals surface area contributed by atoms with Crippen LogP contribution in [-0.4, -0.2) is 52.2 Å². The first kappa shape index (κ1) is 21.4. The lowest BCUT2D eigenvalue weighted by molar-refractivity contribution is 0.0216. The fourth-order valence-corrected chi connectivity index (χ4v) is 4.00. The molecule has 2 aromatic heterocycles. The molecule has 7 nitrogen and oxygen atoms in total. The van der Waals surface area contributed by atoms with Gasteiger partial charge in [0, 0.05) is 42.5 Å². The third-order valence-electron chi connectivity index (χ3n) is 5.23. The van der Waals surface area contributed by atoms with Crippen molar-refractivity contribution in [2.75, 3.05) is 24.5 Å². The maximum absolute atomic E-state index is 12.4. The number of aromatic nitrogens is 2. The number of anilines is 1. The van der Waals surface area contributed by atoms with E-state index in [-0.39, 0.29) is 12.1 Å². The third-order valence-corrected chi connectivity index (χ3v) is 5.45. The molecule has 0 radical (unpaired) electrons. The summed E-state index contributed by atoms with van der Waals surface area (Å²) in [7, 11) is 0. The lowest BCUT2D eigenvalue weighted by Gasteiger charge is -2.39. The van der Waals surface area contributed by atoms with Gasteiger partial charge in [0.1, 0.15) is 11.1 Å². The summed E-state index contributed by atoms with van der Waals surface area (Å²) in [5.74, 6) is 0. The van der Waals surface area contributed by atoms with Gasteiger partial charge in [0.25, 0.3) is 6.01 Å². The molecule has 1 fully saturated rings. The number of halogens is 1. The first-order valence-corrected chi connectivity index (χ1v) is 10.8. The molecule has 1 aromatic carbocycles. The summed E-state index contributed by atoms with van der Waals surface area (Å²) in [4.78, 5) is 25.5. The fraction of sp³-hybridized carbons (Fsp3) is 0.435. The highest BCUT2D eigenvalue weighted by Gasteiger charge is 2.32. The Hall–Kier alpha value is -2.80. The number of ether oxygens (including phenoxy) is 1. The van der Waals surface area contributed by atoms with Gasteiger partial charge >= 0.3 is 6.09 Å².